The van der Waals surface area contributed by atoms with E-state index < -0.39 is 6.04 Å². The van der Waals surface area contributed by atoms with Crippen LogP contribution in [0.25, 0.3) is 0 Å². The number of ether oxygens (including phenoxy) is 1. The first-order valence-electron chi connectivity index (χ1n) is 6.63. The van der Waals surface area contributed by atoms with Crippen molar-refractivity contribution in [3.8, 4) is 5.75 Å². The minimum absolute atomic E-state index is 0.155. The fraction of sp³-hybridized carbons (Fsp3) is 0.188. The average molecular weight is 286 g/mol. The summed E-state index contributed by atoms with van der Waals surface area (Å²) in [6.45, 7) is -0.333. The number of nitrogens with two attached hydrogens (primary N) is 1. The molecule has 110 valence electrons. The Morgan fingerprint density at radius 1 is 1.14 bits per heavy atom. The summed E-state index contributed by atoms with van der Waals surface area (Å²) >= 11 is 0. The van der Waals surface area contributed by atoms with E-state index in [0.29, 0.717) is 11.4 Å². The summed E-state index contributed by atoms with van der Waals surface area (Å²) in [5.41, 5.74) is 7.05. The molecular weight excluding hydrogens is 268 g/mol. The van der Waals surface area contributed by atoms with Crippen molar-refractivity contribution in [3.05, 3.63) is 60.2 Å². The van der Waals surface area contributed by atoms with E-state index in [2.05, 4.69) is 5.32 Å². The van der Waals surface area contributed by atoms with E-state index in [1.807, 2.05) is 30.3 Å². The van der Waals surface area contributed by atoms with Gasteiger partial charge in [-0.15, -0.1) is 0 Å². The van der Waals surface area contributed by atoms with Gasteiger partial charge >= 0.3 is 0 Å². The second kappa shape index (κ2) is 7.31. The first kappa shape index (κ1) is 14.9. The molecule has 2 aromatic carbocycles. The standard InChI is InChI=1S/C16H18N2O3/c17-13-8-4-5-9-15(13)21-11-16(20)18-14(10-19)12-6-2-1-3-7-12/h1-9,14,19H,10-11,17H2,(H,18,20)/t14-/m0/s1. The summed E-state index contributed by atoms with van der Waals surface area (Å²) in [6, 6.07) is 15.8. The molecule has 1 amide bonds. The zero-order valence-electron chi connectivity index (χ0n) is 11.5. The van der Waals surface area contributed by atoms with Crippen LogP contribution in [0.5, 0.6) is 5.75 Å². The molecule has 21 heavy (non-hydrogen) atoms. The van der Waals surface area contributed by atoms with E-state index in [9.17, 15) is 9.90 Å². The van der Waals surface area contributed by atoms with Crippen LogP contribution >= 0.6 is 0 Å². The smallest absolute Gasteiger partial charge is 0.258 e. The Hall–Kier alpha value is -2.53. The van der Waals surface area contributed by atoms with Gasteiger partial charge in [0.2, 0.25) is 0 Å². The van der Waals surface area contributed by atoms with E-state index in [1.165, 1.54) is 0 Å². The minimum Gasteiger partial charge on any atom is -0.482 e. The van der Waals surface area contributed by atoms with Crippen LogP contribution in [-0.4, -0.2) is 24.2 Å². The highest BCUT2D eigenvalue weighted by molar-refractivity contribution is 5.78. The molecule has 0 radical (unpaired) electrons. The van der Waals surface area contributed by atoms with Gasteiger partial charge in [0.15, 0.2) is 6.61 Å². The number of amides is 1. The predicted octanol–water partition coefficient (Wildman–Crippen LogP) is 1.50. The van der Waals surface area contributed by atoms with Gasteiger partial charge < -0.3 is 20.9 Å². The molecule has 2 rings (SSSR count). The van der Waals surface area contributed by atoms with Crippen LogP contribution in [0.1, 0.15) is 11.6 Å². The highest BCUT2D eigenvalue weighted by Gasteiger charge is 2.13. The molecule has 5 heteroatoms. The van der Waals surface area contributed by atoms with Crippen molar-refractivity contribution in [1.29, 1.82) is 0 Å². The number of carbonyl (C=O) groups is 1. The Bertz CT molecular complexity index is 587. The maximum atomic E-state index is 11.9. The number of aliphatic hydroxyl groups excluding tert-OH is 1. The summed E-state index contributed by atoms with van der Waals surface area (Å²) in [4.78, 5) is 11.9. The van der Waals surface area contributed by atoms with Crippen molar-refractivity contribution in [1.82, 2.24) is 5.32 Å². The lowest BCUT2D eigenvalue weighted by Gasteiger charge is -2.17. The third-order valence-electron chi connectivity index (χ3n) is 3.00. The topological polar surface area (TPSA) is 84.6 Å². The monoisotopic (exact) mass is 286 g/mol. The zero-order chi connectivity index (χ0) is 15.1. The van der Waals surface area contributed by atoms with Gasteiger partial charge in [-0.1, -0.05) is 42.5 Å². The van der Waals surface area contributed by atoms with Crippen LogP contribution in [-0.2, 0) is 4.79 Å². The molecule has 1 atom stereocenters. The number of nitrogens with one attached hydrogen (secondary N) is 1. The summed E-state index contributed by atoms with van der Waals surface area (Å²) in [5.74, 6) is 0.147. The fourth-order valence-electron chi connectivity index (χ4n) is 1.91. The van der Waals surface area contributed by atoms with E-state index in [-0.39, 0.29) is 19.1 Å². The fourth-order valence-corrected chi connectivity index (χ4v) is 1.91. The number of anilines is 1. The molecule has 0 spiro atoms. The normalized spacial score (nSPS) is 11.7. The SMILES string of the molecule is Nc1ccccc1OCC(=O)N[C@@H](CO)c1ccccc1. The van der Waals surface area contributed by atoms with Crippen LogP contribution < -0.4 is 15.8 Å². The summed E-state index contributed by atoms with van der Waals surface area (Å²) in [5, 5.41) is 12.1. The molecule has 0 saturated heterocycles. The molecule has 0 fully saturated rings. The largest absolute Gasteiger partial charge is 0.482 e. The Balaban J connectivity index is 1.90. The van der Waals surface area contributed by atoms with Gasteiger partial charge in [0, 0.05) is 0 Å². The zero-order valence-corrected chi connectivity index (χ0v) is 11.5. The van der Waals surface area contributed by atoms with Crippen LogP contribution in [0.2, 0.25) is 0 Å². The average Bonchev–Trinajstić information content (AvgIpc) is 2.52. The molecule has 0 aliphatic rings. The molecule has 0 saturated carbocycles. The van der Waals surface area contributed by atoms with Gasteiger partial charge in [-0.2, -0.15) is 0 Å². The molecule has 0 unspecified atom stereocenters. The molecular formula is C16H18N2O3. The Kier molecular flexibility index (Phi) is 5.17. The van der Waals surface area contributed by atoms with Crippen molar-refractivity contribution in [3.63, 3.8) is 0 Å². The van der Waals surface area contributed by atoms with Crippen molar-refractivity contribution >= 4 is 11.6 Å². The molecule has 0 aliphatic heterocycles. The van der Waals surface area contributed by atoms with Crippen molar-refractivity contribution < 1.29 is 14.6 Å². The summed E-state index contributed by atoms with van der Waals surface area (Å²) in [7, 11) is 0. The van der Waals surface area contributed by atoms with Crippen molar-refractivity contribution in [2.75, 3.05) is 18.9 Å². The maximum Gasteiger partial charge on any atom is 0.258 e. The molecule has 4 N–H and O–H groups in total. The first-order chi connectivity index (χ1) is 10.2. The number of benzene rings is 2. The van der Waals surface area contributed by atoms with Crippen molar-refractivity contribution in [2.24, 2.45) is 0 Å². The maximum absolute atomic E-state index is 11.9. The van der Waals surface area contributed by atoms with Crippen LogP contribution in [0, 0.1) is 0 Å². The lowest BCUT2D eigenvalue weighted by Crippen LogP contribution is -2.34. The lowest BCUT2D eigenvalue weighted by molar-refractivity contribution is -0.124. The first-order valence-corrected chi connectivity index (χ1v) is 6.63. The minimum atomic E-state index is -0.449. The molecule has 0 heterocycles. The van der Waals surface area contributed by atoms with Crippen LogP contribution in [0.15, 0.2) is 54.6 Å². The van der Waals surface area contributed by atoms with Gasteiger partial charge in [-0.25, -0.2) is 0 Å². The summed E-state index contributed by atoms with van der Waals surface area (Å²) < 4.78 is 5.36. The number of hydrogen-bond acceptors (Lipinski definition) is 4. The highest BCUT2D eigenvalue weighted by Crippen LogP contribution is 2.19. The third kappa shape index (κ3) is 4.22. The Morgan fingerprint density at radius 3 is 2.48 bits per heavy atom. The number of nitrogen functional groups attached to an aromatic ring is 1. The quantitative estimate of drug-likeness (QED) is 0.703. The van der Waals surface area contributed by atoms with Crippen LogP contribution in [0.3, 0.4) is 0 Å². The third-order valence-corrected chi connectivity index (χ3v) is 3.00. The molecule has 5 nitrogen and oxygen atoms in total. The van der Waals surface area contributed by atoms with E-state index in [0.717, 1.165) is 5.56 Å². The Labute approximate surface area is 123 Å². The second-order valence-electron chi connectivity index (χ2n) is 4.54. The van der Waals surface area contributed by atoms with Crippen molar-refractivity contribution in [2.45, 2.75) is 6.04 Å². The van der Waals surface area contributed by atoms with Gasteiger partial charge in [0.05, 0.1) is 18.3 Å². The molecule has 0 bridgehead atoms. The van der Waals surface area contributed by atoms with Gasteiger partial charge in [-0.05, 0) is 17.7 Å². The van der Waals surface area contributed by atoms with Gasteiger partial charge in [-0.3, -0.25) is 4.79 Å². The number of aliphatic hydroxyl groups is 1. The van der Waals surface area contributed by atoms with Gasteiger partial charge in [0.1, 0.15) is 5.75 Å². The van der Waals surface area contributed by atoms with E-state index in [1.54, 1.807) is 24.3 Å². The number of carbonyl (C=O) groups excluding carboxylic acids is 1. The number of rotatable bonds is 6. The lowest BCUT2D eigenvalue weighted by atomic mass is 10.1. The van der Waals surface area contributed by atoms with E-state index >= 15 is 0 Å². The predicted molar refractivity (Wildman–Crippen MR) is 80.8 cm³/mol. The Morgan fingerprint density at radius 2 is 1.81 bits per heavy atom. The summed E-state index contributed by atoms with van der Waals surface area (Å²) in [6.07, 6.45) is 0. The molecule has 0 aromatic heterocycles. The number of hydrogen-bond donors (Lipinski definition) is 3. The van der Waals surface area contributed by atoms with Gasteiger partial charge in [0.25, 0.3) is 5.91 Å². The highest BCUT2D eigenvalue weighted by atomic mass is 16.5. The second-order valence-corrected chi connectivity index (χ2v) is 4.54. The van der Waals surface area contributed by atoms with Crippen LogP contribution in [0.4, 0.5) is 5.69 Å². The molecule has 0 aliphatic carbocycles. The number of para-hydroxylation sites is 2. The molecule has 2 aromatic rings. The van der Waals surface area contributed by atoms with E-state index in [4.69, 9.17) is 10.5 Å².